The lowest BCUT2D eigenvalue weighted by Crippen LogP contribution is -2.14. The summed E-state index contributed by atoms with van der Waals surface area (Å²) in [4.78, 5) is 4.49. The topological polar surface area (TPSA) is 69.4 Å². The summed E-state index contributed by atoms with van der Waals surface area (Å²) < 4.78 is 29.9. The molecular weight excluding hydrogens is 349 g/mol. The van der Waals surface area contributed by atoms with E-state index < -0.39 is 0 Å². The molecule has 1 aromatic heterocycles. The van der Waals surface area contributed by atoms with Gasteiger partial charge < -0.3 is 19.3 Å². The number of hydrogen-bond acceptors (Lipinski definition) is 6. The molecule has 1 saturated heterocycles. The second-order valence-corrected chi connectivity index (χ2v) is 6.34. The molecule has 0 aliphatic carbocycles. The molecule has 2 aromatic carbocycles. The fourth-order valence-corrected chi connectivity index (χ4v) is 2.98. The molecule has 0 bridgehead atoms. The number of para-hydroxylation sites is 2. The van der Waals surface area contributed by atoms with Crippen LogP contribution in [0.25, 0.3) is 0 Å². The third-order valence-electron chi connectivity index (χ3n) is 4.40. The van der Waals surface area contributed by atoms with E-state index >= 15 is 0 Å². The standard InChI is InChI=1S/C20H20FN3O3/c21-15-4-3-5-16(12-15)26-18-7-2-1-6-17(18)22-13-19-23-20(27-24-19)14-8-10-25-11-9-14/h1-7,12,14,22H,8-11,13H2. The van der Waals surface area contributed by atoms with E-state index in [1.54, 1.807) is 12.1 Å². The normalized spacial score (nSPS) is 14.9. The molecule has 6 nitrogen and oxygen atoms in total. The highest BCUT2D eigenvalue weighted by Crippen LogP contribution is 2.30. The second-order valence-electron chi connectivity index (χ2n) is 6.34. The van der Waals surface area contributed by atoms with Crippen LogP contribution in [-0.2, 0) is 11.3 Å². The SMILES string of the molecule is Fc1cccc(Oc2ccccc2NCc2noc(C3CCOCC3)n2)c1. The molecule has 7 heteroatoms. The fourth-order valence-electron chi connectivity index (χ4n) is 2.98. The first kappa shape index (κ1) is 17.5. The van der Waals surface area contributed by atoms with E-state index in [0.29, 0.717) is 29.8 Å². The molecule has 1 fully saturated rings. The van der Waals surface area contributed by atoms with Crippen LogP contribution >= 0.6 is 0 Å². The number of anilines is 1. The summed E-state index contributed by atoms with van der Waals surface area (Å²) in [5.41, 5.74) is 0.763. The predicted octanol–water partition coefficient (Wildman–Crippen LogP) is 4.51. The van der Waals surface area contributed by atoms with Gasteiger partial charge in [0.1, 0.15) is 11.6 Å². The van der Waals surface area contributed by atoms with E-state index in [4.69, 9.17) is 14.0 Å². The van der Waals surface area contributed by atoms with E-state index in [1.165, 1.54) is 12.1 Å². The molecule has 0 saturated carbocycles. The zero-order valence-electron chi connectivity index (χ0n) is 14.7. The van der Waals surface area contributed by atoms with Crippen LogP contribution in [0.5, 0.6) is 11.5 Å². The van der Waals surface area contributed by atoms with Gasteiger partial charge in [0.25, 0.3) is 0 Å². The van der Waals surface area contributed by atoms with E-state index in [0.717, 1.165) is 31.7 Å². The van der Waals surface area contributed by atoms with Crippen molar-refractivity contribution in [3.8, 4) is 11.5 Å². The first-order valence-corrected chi connectivity index (χ1v) is 8.94. The first-order chi connectivity index (χ1) is 13.3. The van der Waals surface area contributed by atoms with Crippen molar-refractivity contribution in [2.45, 2.75) is 25.3 Å². The minimum absolute atomic E-state index is 0.267. The van der Waals surface area contributed by atoms with Gasteiger partial charge in [0.2, 0.25) is 5.89 Å². The summed E-state index contributed by atoms with van der Waals surface area (Å²) in [6.07, 6.45) is 1.80. The molecule has 4 rings (SSSR count). The maximum atomic E-state index is 13.4. The number of nitrogens with zero attached hydrogens (tertiary/aromatic N) is 2. The van der Waals surface area contributed by atoms with Gasteiger partial charge in [-0.25, -0.2) is 4.39 Å². The highest BCUT2D eigenvalue weighted by atomic mass is 19.1. The maximum Gasteiger partial charge on any atom is 0.229 e. The Morgan fingerprint density at radius 1 is 1.11 bits per heavy atom. The number of rotatable bonds is 6. The molecule has 1 N–H and O–H groups in total. The van der Waals surface area contributed by atoms with Crippen molar-refractivity contribution in [1.82, 2.24) is 10.1 Å². The van der Waals surface area contributed by atoms with Crippen LogP contribution in [0.1, 0.15) is 30.5 Å². The molecule has 0 spiro atoms. The van der Waals surface area contributed by atoms with Crippen LogP contribution < -0.4 is 10.1 Å². The third-order valence-corrected chi connectivity index (χ3v) is 4.40. The quantitative estimate of drug-likeness (QED) is 0.690. The maximum absolute atomic E-state index is 13.4. The first-order valence-electron chi connectivity index (χ1n) is 8.94. The molecule has 0 unspecified atom stereocenters. The van der Waals surface area contributed by atoms with Crippen molar-refractivity contribution in [2.75, 3.05) is 18.5 Å². The highest BCUT2D eigenvalue weighted by Gasteiger charge is 2.22. The average molecular weight is 369 g/mol. The Morgan fingerprint density at radius 2 is 1.96 bits per heavy atom. The van der Waals surface area contributed by atoms with Crippen molar-refractivity contribution in [3.05, 3.63) is 66.1 Å². The van der Waals surface area contributed by atoms with E-state index in [2.05, 4.69) is 15.5 Å². The Bertz CT molecular complexity index is 893. The van der Waals surface area contributed by atoms with Gasteiger partial charge in [-0.3, -0.25) is 0 Å². The summed E-state index contributed by atoms with van der Waals surface area (Å²) in [5.74, 6) is 2.20. The predicted molar refractivity (Wildman–Crippen MR) is 97.3 cm³/mol. The van der Waals surface area contributed by atoms with Crippen molar-refractivity contribution in [1.29, 1.82) is 0 Å². The second kappa shape index (κ2) is 8.18. The lowest BCUT2D eigenvalue weighted by Gasteiger charge is -2.17. The van der Waals surface area contributed by atoms with Gasteiger partial charge in [0.05, 0.1) is 12.2 Å². The van der Waals surface area contributed by atoms with Gasteiger partial charge in [-0.05, 0) is 37.1 Å². The smallest absolute Gasteiger partial charge is 0.229 e. The molecule has 0 amide bonds. The fraction of sp³-hybridized carbons (Fsp3) is 0.300. The lowest BCUT2D eigenvalue weighted by atomic mass is 10.0. The zero-order valence-corrected chi connectivity index (χ0v) is 14.7. The molecule has 140 valence electrons. The van der Waals surface area contributed by atoms with Crippen LogP contribution in [-0.4, -0.2) is 23.4 Å². The summed E-state index contributed by atoms with van der Waals surface area (Å²) in [6, 6.07) is 13.5. The number of hydrogen-bond donors (Lipinski definition) is 1. The number of benzene rings is 2. The number of ether oxygens (including phenoxy) is 2. The zero-order chi connectivity index (χ0) is 18.5. The molecular formula is C20H20FN3O3. The molecule has 1 aliphatic heterocycles. The van der Waals surface area contributed by atoms with Crippen LogP contribution in [0.2, 0.25) is 0 Å². The van der Waals surface area contributed by atoms with Gasteiger partial charge in [-0.15, -0.1) is 0 Å². The van der Waals surface area contributed by atoms with Crippen LogP contribution in [0, 0.1) is 5.82 Å². The van der Waals surface area contributed by atoms with Gasteiger partial charge in [-0.1, -0.05) is 23.4 Å². The Balaban J connectivity index is 1.42. The van der Waals surface area contributed by atoms with Gasteiger partial charge >= 0.3 is 0 Å². The van der Waals surface area contributed by atoms with E-state index in [-0.39, 0.29) is 11.7 Å². The van der Waals surface area contributed by atoms with Crippen molar-refractivity contribution >= 4 is 5.69 Å². The lowest BCUT2D eigenvalue weighted by molar-refractivity contribution is 0.0778. The summed E-state index contributed by atoms with van der Waals surface area (Å²) >= 11 is 0. The Labute approximate surface area is 156 Å². The van der Waals surface area contributed by atoms with Gasteiger partial charge in [-0.2, -0.15) is 4.98 Å². The van der Waals surface area contributed by atoms with Crippen LogP contribution in [0.15, 0.2) is 53.1 Å². The van der Waals surface area contributed by atoms with E-state index in [9.17, 15) is 4.39 Å². The molecule has 0 atom stereocenters. The molecule has 1 aliphatic rings. The third kappa shape index (κ3) is 4.43. The number of halogens is 1. The summed E-state index contributed by atoms with van der Waals surface area (Å²) in [6.45, 7) is 1.85. The minimum Gasteiger partial charge on any atom is -0.455 e. The van der Waals surface area contributed by atoms with Crippen LogP contribution in [0.3, 0.4) is 0 Å². The molecule has 0 radical (unpaired) electrons. The average Bonchev–Trinajstić information content (AvgIpc) is 3.17. The Morgan fingerprint density at radius 3 is 2.81 bits per heavy atom. The monoisotopic (exact) mass is 369 g/mol. The van der Waals surface area contributed by atoms with Crippen molar-refractivity contribution < 1.29 is 18.4 Å². The van der Waals surface area contributed by atoms with E-state index in [1.807, 2.05) is 24.3 Å². The van der Waals surface area contributed by atoms with Crippen molar-refractivity contribution in [2.24, 2.45) is 0 Å². The highest BCUT2D eigenvalue weighted by molar-refractivity contribution is 5.57. The summed E-state index contributed by atoms with van der Waals surface area (Å²) in [5, 5.41) is 7.30. The van der Waals surface area contributed by atoms with Crippen molar-refractivity contribution in [3.63, 3.8) is 0 Å². The van der Waals surface area contributed by atoms with Crippen LogP contribution in [0.4, 0.5) is 10.1 Å². The Kier molecular flexibility index (Phi) is 5.29. The molecule has 27 heavy (non-hydrogen) atoms. The largest absolute Gasteiger partial charge is 0.455 e. The number of nitrogens with one attached hydrogen (secondary N) is 1. The number of aromatic nitrogens is 2. The van der Waals surface area contributed by atoms with Gasteiger partial charge in [0.15, 0.2) is 11.6 Å². The molecule has 3 aromatic rings. The Hall–Kier alpha value is -2.93. The minimum atomic E-state index is -0.342. The summed E-state index contributed by atoms with van der Waals surface area (Å²) in [7, 11) is 0. The molecule has 2 heterocycles. The van der Waals surface area contributed by atoms with Gasteiger partial charge in [0, 0.05) is 25.2 Å².